The minimum absolute atomic E-state index is 0.0126. The number of esters is 1. The molecule has 0 aliphatic rings. The van der Waals surface area contributed by atoms with Crippen LogP contribution in [-0.2, 0) is 4.74 Å². The first-order valence-corrected chi connectivity index (χ1v) is 7.79. The topological polar surface area (TPSA) is 80.3 Å². The average Bonchev–Trinajstić information content (AvgIpc) is 2.70. The van der Waals surface area contributed by atoms with E-state index in [4.69, 9.17) is 23.7 Å². The molecule has 0 spiro atoms. The summed E-state index contributed by atoms with van der Waals surface area (Å²) in [5.41, 5.74) is 0.115. The fourth-order valence-corrected chi connectivity index (χ4v) is 2.39. The molecule has 0 saturated carbocycles. The van der Waals surface area contributed by atoms with Gasteiger partial charge in [-0.05, 0) is 30.3 Å². The zero-order valence-electron chi connectivity index (χ0n) is 15.3. The lowest BCUT2D eigenvalue weighted by Gasteiger charge is -2.15. The maximum atomic E-state index is 13.7. The average molecular weight is 378 g/mol. The van der Waals surface area contributed by atoms with Crippen LogP contribution in [0.4, 0.5) is 4.39 Å². The van der Waals surface area contributed by atoms with E-state index >= 15 is 0 Å². The van der Waals surface area contributed by atoms with Crippen molar-refractivity contribution in [3.8, 4) is 23.0 Å². The minimum atomic E-state index is -0.796. The highest BCUT2D eigenvalue weighted by atomic mass is 19.1. The van der Waals surface area contributed by atoms with E-state index in [0.717, 1.165) is 6.07 Å². The van der Waals surface area contributed by atoms with E-state index < -0.39 is 24.2 Å². The molecule has 0 bridgehead atoms. The van der Waals surface area contributed by atoms with E-state index in [1.807, 2.05) is 0 Å². The molecule has 0 aliphatic heterocycles. The van der Waals surface area contributed by atoms with Crippen molar-refractivity contribution in [1.29, 1.82) is 0 Å². The molecule has 0 saturated heterocycles. The number of Topliss-reactive ketones (excluding diaryl/α,β-unsaturated/α-hetero) is 1. The number of ketones is 1. The Balaban J connectivity index is 2.16. The van der Waals surface area contributed by atoms with Gasteiger partial charge in [0.1, 0.15) is 5.56 Å². The van der Waals surface area contributed by atoms with Crippen LogP contribution >= 0.6 is 0 Å². The van der Waals surface area contributed by atoms with Crippen LogP contribution in [0, 0.1) is 5.82 Å². The summed E-state index contributed by atoms with van der Waals surface area (Å²) in [6, 6.07) is 6.67. The van der Waals surface area contributed by atoms with Crippen molar-refractivity contribution in [2.45, 2.75) is 0 Å². The van der Waals surface area contributed by atoms with Crippen LogP contribution < -0.4 is 18.9 Å². The third-order valence-corrected chi connectivity index (χ3v) is 3.73. The van der Waals surface area contributed by atoms with Gasteiger partial charge in [0.05, 0.1) is 28.4 Å². The molecule has 0 amide bonds. The predicted molar refractivity (Wildman–Crippen MR) is 93.7 cm³/mol. The molecule has 0 N–H and O–H groups in total. The number of rotatable bonds is 8. The van der Waals surface area contributed by atoms with Gasteiger partial charge in [-0.15, -0.1) is 0 Å². The number of carbonyl (C=O) groups is 2. The highest BCUT2D eigenvalue weighted by Crippen LogP contribution is 2.39. The fraction of sp³-hybridized carbons (Fsp3) is 0.263. The molecule has 8 heteroatoms. The van der Waals surface area contributed by atoms with Crippen molar-refractivity contribution >= 4 is 11.8 Å². The molecule has 0 aliphatic carbocycles. The molecule has 0 aromatic heterocycles. The van der Waals surface area contributed by atoms with E-state index in [1.165, 1.54) is 52.7 Å². The summed E-state index contributed by atoms with van der Waals surface area (Å²) in [5, 5.41) is 0. The van der Waals surface area contributed by atoms with Crippen molar-refractivity contribution in [3.63, 3.8) is 0 Å². The lowest BCUT2D eigenvalue weighted by molar-refractivity contribution is 0.0471. The first kappa shape index (κ1) is 20.0. The number of hydrogen-bond acceptors (Lipinski definition) is 7. The van der Waals surface area contributed by atoms with E-state index in [9.17, 15) is 14.0 Å². The van der Waals surface area contributed by atoms with Gasteiger partial charge in [-0.25, -0.2) is 9.18 Å². The standard InChI is InChI=1S/C19H19FO7/c1-23-15-7-5-11(9-13(15)20)14(21)10-27-19(22)12-6-8-16(24-2)18(26-4)17(12)25-3/h5-9H,10H2,1-4H3. The van der Waals surface area contributed by atoms with Crippen molar-refractivity contribution in [2.24, 2.45) is 0 Å². The van der Waals surface area contributed by atoms with Crippen molar-refractivity contribution in [2.75, 3.05) is 35.0 Å². The van der Waals surface area contributed by atoms with E-state index in [0.29, 0.717) is 5.75 Å². The summed E-state index contributed by atoms with van der Waals surface area (Å²) in [7, 11) is 5.52. The van der Waals surface area contributed by atoms with E-state index in [1.54, 1.807) is 0 Å². The highest BCUT2D eigenvalue weighted by Gasteiger charge is 2.22. The third kappa shape index (κ3) is 4.28. The maximum absolute atomic E-state index is 13.7. The number of benzene rings is 2. The van der Waals surface area contributed by atoms with E-state index in [-0.39, 0.29) is 28.4 Å². The first-order valence-electron chi connectivity index (χ1n) is 7.79. The molecular formula is C19H19FO7. The second kappa shape index (κ2) is 8.88. The van der Waals surface area contributed by atoms with Crippen LogP contribution in [0.3, 0.4) is 0 Å². The summed E-state index contributed by atoms with van der Waals surface area (Å²) in [6.45, 7) is -0.567. The van der Waals surface area contributed by atoms with Crippen molar-refractivity contribution < 1.29 is 37.7 Å². The van der Waals surface area contributed by atoms with Crippen LogP contribution in [0.15, 0.2) is 30.3 Å². The Morgan fingerprint density at radius 1 is 0.852 bits per heavy atom. The summed E-state index contributed by atoms with van der Waals surface area (Å²) in [4.78, 5) is 24.5. The zero-order valence-corrected chi connectivity index (χ0v) is 15.3. The smallest absolute Gasteiger partial charge is 0.342 e. The van der Waals surface area contributed by atoms with Gasteiger partial charge in [0.25, 0.3) is 0 Å². The summed E-state index contributed by atoms with van der Waals surface area (Å²) in [6.07, 6.45) is 0. The number of halogens is 1. The quantitative estimate of drug-likeness (QED) is 0.516. The van der Waals surface area contributed by atoms with Crippen LogP contribution in [0.2, 0.25) is 0 Å². The van der Waals surface area contributed by atoms with Gasteiger partial charge in [0.2, 0.25) is 5.75 Å². The molecular weight excluding hydrogens is 359 g/mol. The van der Waals surface area contributed by atoms with Gasteiger partial charge < -0.3 is 23.7 Å². The van der Waals surface area contributed by atoms with Gasteiger partial charge in [-0.1, -0.05) is 0 Å². The zero-order chi connectivity index (χ0) is 20.0. The van der Waals surface area contributed by atoms with Crippen LogP contribution in [0.25, 0.3) is 0 Å². The number of ether oxygens (including phenoxy) is 5. The molecule has 0 atom stereocenters. The normalized spacial score (nSPS) is 10.1. The number of carbonyl (C=O) groups excluding carboxylic acids is 2. The van der Waals surface area contributed by atoms with Gasteiger partial charge in [-0.2, -0.15) is 0 Å². The van der Waals surface area contributed by atoms with Crippen LogP contribution in [0.1, 0.15) is 20.7 Å². The largest absolute Gasteiger partial charge is 0.494 e. The van der Waals surface area contributed by atoms with Gasteiger partial charge in [-0.3, -0.25) is 4.79 Å². The van der Waals surface area contributed by atoms with Crippen LogP contribution in [0.5, 0.6) is 23.0 Å². The van der Waals surface area contributed by atoms with Crippen molar-refractivity contribution in [1.82, 2.24) is 0 Å². The molecule has 0 unspecified atom stereocenters. The van der Waals surface area contributed by atoms with Crippen LogP contribution in [-0.4, -0.2) is 46.8 Å². The Labute approximate surface area is 155 Å². The Morgan fingerprint density at radius 2 is 1.48 bits per heavy atom. The summed E-state index contributed by atoms with van der Waals surface area (Å²) in [5.74, 6) is -1.33. The first-order chi connectivity index (χ1) is 13.0. The third-order valence-electron chi connectivity index (χ3n) is 3.73. The lowest BCUT2D eigenvalue weighted by atomic mass is 10.1. The van der Waals surface area contributed by atoms with Gasteiger partial charge >= 0.3 is 5.97 Å². The Kier molecular flexibility index (Phi) is 6.59. The Hall–Kier alpha value is -3.29. The van der Waals surface area contributed by atoms with Crippen molar-refractivity contribution in [3.05, 3.63) is 47.3 Å². The number of methoxy groups -OCH3 is 4. The Bertz CT molecular complexity index is 848. The molecule has 0 heterocycles. The maximum Gasteiger partial charge on any atom is 0.342 e. The van der Waals surface area contributed by atoms with Gasteiger partial charge in [0.15, 0.2) is 35.5 Å². The molecule has 144 valence electrons. The molecule has 2 aromatic carbocycles. The SMILES string of the molecule is COc1ccc(C(=O)COC(=O)c2ccc(OC)c(OC)c2OC)cc1F. The number of hydrogen-bond donors (Lipinski definition) is 0. The lowest BCUT2D eigenvalue weighted by Crippen LogP contribution is -2.15. The summed E-state index contributed by atoms with van der Waals surface area (Å²) < 4.78 is 39.1. The molecule has 7 nitrogen and oxygen atoms in total. The molecule has 2 aromatic rings. The second-order valence-corrected chi connectivity index (χ2v) is 5.23. The molecule has 2 rings (SSSR count). The second-order valence-electron chi connectivity index (χ2n) is 5.23. The minimum Gasteiger partial charge on any atom is -0.494 e. The summed E-state index contributed by atoms with van der Waals surface area (Å²) >= 11 is 0. The molecule has 0 fully saturated rings. The monoisotopic (exact) mass is 378 g/mol. The van der Waals surface area contributed by atoms with E-state index in [2.05, 4.69) is 0 Å². The van der Waals surface area contributed by atoms with Gasteiger partial charge in [0, 0.05) is 5.56 Å². The Morgan fingerprint density at radius 3 is 2.04 bits per heavy atom. The predicted octanol–water partition coefficient (Wildman–Crippen LogP) is 2.90. The highest BCUT2D eigenvalue weighted by molar-refractivity contribution is 6.00. The molecule has 27 heavy (non-hydrogen) atoms. The fourth-order valence-electron chi connectivity index (χ4n) is 2.39. The molecule has 0 radical (unpaired) electrons.